The normalized spacial score (nSPS) is 10.2. The van der Waals surface area contributed by atoms with Gasteiger partial charge < -0.3 is 13.9 Å². The lowest BCUT2D eigenvalue weighted by molar-refractivity contribution is 0.0601. The van der Waals surface area contributed by atoms with Crippen LogP contribution in [0.25, 0.3) is 11.3 Å². The minimum atomic E-state index is -0.568. The van der Waals surface area contributed by atoms with E-state index in [1.165, 1.54) is 32.4 Å². The SMILES string of the molecule is COC(=O)c1cc(-c2ccc(C=O)o2)c(OC)cc1Cl. The summed E-state index contributed by atoms with van der Waals surface area (Å²) in [4.78, 5) is 22.3. The average molecular weight is 295 g/mol. The third-order valence-electron chi connectivity index (χ3n) is 2.70. The quantitative estimate of drug-likeness (QED) is 0.640. The number of halogens is 1. The Balaban J connectivity index is 2.60. The van der Waals surface area contributed by atoms with Crippen LogP contribution in [0.2, 0.25) is 5.02 Å². The molecule has 0 N–H and O–H groups in total. The van der Waals surface area contributed by atoms with Crippen molar-refractivity contribution in [2.45, 2.75) is 0 Å². The number of furan rings is 1. The van der Waals surface area contributed by atoms with Crippen molar-refractivity contribution in [2.75, 3.05) is 14.2 Å². The molecule has 0 bridgehead atoms. The number of carbonyl (C=O) groups excluding carboxylic acids is 2. The van der Waals surface area contributed by atoms with Crippen LogP contribution in [0.3, 0.4) is 0 Å². The van der Waals surface area contributed by atoms with Crippen LogP contribution in [-0.2, 0) is 4.74 Å². The highest BCUT2D eigenvalue weighted by Crippen LogP contribution is 2.35. The molecule has 20 heavy (non-hydrogen) atoms. The largest absolute Gasteiger partial charge is 0.496 e. The van der Waals surface area contributed by atoms with Gasteiger partial charge in [-0.1, -0.05) is 11.6 Å². The van der Waals surface area contributed by atoms with E-state index in [1.54, 1.807) is 6.07 Å². The Labute approximate surface area is 120 Å². The van der Waals surface area contributed by atoms with Gasteiger partial charge in [0, 0.05) is 6.07 Å². The second-order valence-corrected chi connectivity index (χ2v) is 4.25. The van der Waals surface area contributed by atoms with E-state index < -0.39 is 5.97 Å². The monoisotopic (exact) mass is 294 g/mol. The van der Waals surface area contributed by atoms with Gasteiger partial charge in [-0.15, -0.1) is 0 Å². The molecule has 0 spiro atoms. The lowest BCUT2D eigenvalue weighted by Gasteiger charge is -2.10. The van der Waals surface area contributed by atoms with Crippen LogP contribution in [0.1, 0.15) is 20.9 Å². The Morgan fingerprint density at radius 2 is 2.05 bits per heavy atom. The molecular formula is C14H11ClO5. The first-order valence-corrected chi connectivity index (χ1v) is 5.99. The molecule has 2 rings (SSSR count). The second kappa shape index (κ2) is 5.79. The van der Waals surface area contributed by atoms with Crippen LogP contribution in [-0.4, -0.2) is 26.5 Å². The molecule has 1 aromatic carbocycles. The second-order valence-electron chi connectivity index (χ2n) is 3.84. The zero-order chi connectivity index (χ0) is 14.7. The van der Waals surface area contributed by atoms with Gasteiger partial charge in [-0.05, 0) is 18.2 Å². The summed E-state index contributed by atoms with van der Waals surface area (Å²) >= 11 is 6.01. The van der Waals surface area contributed by atoms with Crippen LogP contribution >= 0.6 is 11.6 Å². The number of ether oxygens (including phenoxy) is 2. The zero-order valence-corrected chi connectivity index (χ0v) is 11.6. The summed E-state index contributed by atoms with van der Waals surface area (Å²) in [7, 11) is 2.73. The topological polar surface area (TPSA) is 65.7 Å². The van der Waals surface area contributed by atoms with E-state index in [4.69, 9.17) is 20.8 Å². The Kier molecular flexibility index (Phi) is 4.10. The van der Waals surface area contributed by atoms with Gasteiger partial charge in [0.1, 0.15) is 11.5 Å². The van der Waals surface area contributed by atoms with Crippen molar-refractivity contribution in [1.82, 2.24) is 0 Å². The van der Waals surface area contributed by atoms with Crippen LogP contribution in [0.5, 0.6) is 5.75 Å². The highest BCUT2D eigenvalue weighted by atomic mass is 35.5. The van der Waals surface area contributed by atoms with Gasteiger partial charge in [0.05, 0.1) is 30.4 Å². The van der Waals surface area contributed by atoms with E-state index >= 15 is 0 Å². The smallest absolute Gasteiger partial charge is 0.339 e. The molecule has 0 aliphatic rings. The highest BCUT2D eigenvalue weighted by molar-refractivity contribution is 6.34. The fraction of sp³-hybridized carbons (Fsp3) is 0.143. The van der Waals surface area contributed by atoms with Crippen molar-refractivity contribution in [3.63, 3.8) is 0 Å². The van der Waals surface area contributed by atoms with Crippen molar-refractivity contribution in [2.24, 2.45) is 0 Å². The summed E-state index contributed by atoms with van der Waals surface area (Å²) in [5.74, 6) is 0.429. The number of hydrogen-bond acceptors (Lipinski definition) is 5. The van der Waals surface area contributed by atoms with E-state index in [-0.39, 0.29) is 16.3 Å². The fourth-order valence-corrected chi connectivity index (χ4v) is 1.97. The van der Waals surface area contributed by atoms with Gasteiger partial charge in [0.2, 0.25) is 0 Å². The molecule has 0 unspecified atom stereocenters. The minimum Gasteiger partial charge on any atom is -0.496 e. The summed E-state index contributed by atoms with van der Waals surface area (Å²) < 4.78 is 15.2. The molecule has 0 fully saturated rings. The lowest BCUT2D eigenvalue weighted by atomic mass is 10.1. The first-order valence-electron chi connectivity index (χ1n) is 5.62. The molecule has 2 aromatic rings. The number of esters is 1. The van der Waals surface area contributed by atoms with Gasteiger partial charge >= 0.3 is 5.97 Å². The van der Waals surface area contributed by atoms with Crippen LogP contribution < -0.4 is 4.74 Å². The molecule has 1 aromatic heterocycles. The van der Waals surface area contributed by atoms with E-state index in [9.17, 15) is 9.59 Å². The Bertz CT molecular complexity index is 660. The maximum atomic E-state index is 11.6. The van der Waals surface area contributed by atoms with Gasteiger partial charge in [0.15, 0.2) is 12.0 Å². The standard InChI is InChI=1S/C14H11ClO5/c1-18-13-6-11(15)9(14(17)19-2)5-10(13)12-4-3-8(7-16)20-12/h3-7H,1-2H3. The van der Waals surface area contributed by atoms with Gasteiger partial charge in [-0.25, -0.2) is 4.79 Å². The number of rotatable bonds is 4. The zero-order valence-electron chi connectivity index (χ0n) is 10.8. The summed E-state index contributed by atoms with van der Waals surface area (Å²) in [6.07, 6.45) is 0.590. The number of benzene rings is 1. The maximum Gasteiger partial charge on any atom is 0.339 e. The van der Waals surface area contributed by atoms with E-state index in [1.807, 2.05) is 0 Å². The summed E-state index contributed by atoms with van der Waals surface area (Å²) in [6.45, 7) is 0. The van der Waals surface area contributed by atoms with Crippen molar-refractivity contribution in [1.29, 1.82) is 0 Å². The Hall–Kier alpha value is -2.27. The molecule has 1 heterocycles. The lowest BCUT2D eigenvalue weighted by Crippen LogP contribution is -2.03. The maximum absolute atomic E-state index is 11.6. The predicted octanol–water partition coefficient (Wildman–Crippen LogP) is 3.21. The third-order valence-corrected chi connectivity index (χ3v) is 3.02. The molecule has 6 heteroatoms. The molecule has 5 nitrogen and oxygen atoms in total. The first kappa shape index (κ1) is 14.1. The number of aldehydes is 1. The molecule has 0 aliphatic heterocycles. The number of methoxy groups -OCH3 is 2. The van der Waals surface area contributed by atoms with Crippen molar-refractivity contribution < 1.29 is 23.5 Å². The number of hydrogen-bond donors (Lipinski definition) is 0. The third kappa shape index (κ3) is 2.53. The van der Waals surface area contributed by atoms with Gasteiger partial charge in [-0.2, -0.15) is 0 Å². The summed E-state index contributed by atoms with van der Waals surface area (Å²) in [6, 6.07) is 6.12. The summed E-state index contributed by atoms with van der Waals surface area (Å²) in [5.41, 5.74) is 0.694. The average Bonchev–Trinajstić information content (AvgIpc) is 2.94. The Morgan fingerprint density at radius 1 is 1.30 bits per heavy atom. The Morgan fingerprint density at radius 3 is 2.60 bits per heavy atom. The van der Waals surface area contributed by atoms with Crippen molar-refractivity contribution in [3.05, 3.63) is 40.6 Å². The van der Waals surface area contributed by atoms with Crippen molar-refractivity contribution in [3.8, 4) is 17.1 Å². The fourth-order valence-electron chi connectivity index (χ4n) is 1.74. The molecule has 0 saturated carbocycles. The number of carbonyl (C=O) groups is 2. The van der Waals surface area contributed by atoms with Crippen molar-refractivity contribution >= 4 is 23.9 Å². The molecule has 0 amide bonds. The molecular weight excluding hydrogens is 284 g/mol. The molecule has 0 radical (unpaired) electrons. The van der Waals surface area contributed by atoms with Crippen LogP contribution in [0, 0.1) is 0 Å². The highest BCUT2D eigenvalue weighted by Gasteiger charge is 2.18. The first-order chi connectivity index (χ1) is 9.60. The molecule has 104 valence electrons. The summed E-state index contributed by atoms with van der Waals surface area (Å²) in [5, 5.41) is 0.208. The van der Waals surface area contributed by atoms with Crippen LogP contribution in [0.4, 0.5) is 0 Å². The molecule has 0 saturated heterocycles. The molecule has 0 atom stereocenters. The minimum absolute atomic E-state index is 0.177. The van der Waals surface area contributed by atoms with Gasteiger partial charge in [0.25, 0.3) is 0 Å². The molecule has 0 aliphatic carbocycles. The van der Waals surface area contributed by atoms with Crippen LogP contribution in [0.15, 0.2) is 28.7 Å². The predicted molar refractivity (Wildman–Crippen MR) is 72.4 cm³/mol. The van der Waals surface area contributed by atoms with E-state index in [0.717, 1.165) is 0 Å². The van der Waals surface area contributed by atoms with Gasteiger partial charge in [-0.3, -0.25) is 4.79 Å². The van der Waals surface area contributed by atoms with E-state index in [0.29, 0.717) is 23.4 Å². The van der Waals surface area contributed by atoms with E-state index in [2.05, 4.69) is 4.74 Å².